The number of nitrogens with one attached hydrogen (secondary N) is 2. The van der Waals surface area contributed by atoms with E-state index in [-0.39, 0.29) is 6.09 Å². The zero-order chi connectivity index (χ0) is 14.2. The van der Waals surface area contributed by atoms with Crippen molar-refractivity contribution in [2.75, 3.05) is 19.6 Å². The summed E-state index contributed by atoms with van der Waals surface area (Å²) in [6.45, 7) is 11.7. The third-order valence-electron chi connectivity index (χ3n) is 2.48. The Hall–Kier alpha value is -1.21. The average Bonchev–Trinajstić information content (AvgIpc) is 2.20. The Bertz CT molecular complexity index is 287. The van der Waals surface area contributed by atoms with E-state index in [1.807, 2.05) is 20.8 Å². The first-order valence-corrected chi connectivity index (χ1v) is 6.37. The summed E-state index contributed by atoms with van der Waals surface area (Å²) in [5, 5.41) is 5.95. The van der Waals surface area contributed by atoms with Gasteiger partial charge in [0.05, 0.1) is 6.54 Å². The minimum atomic E-state index is -0.459. The minimum Gasteiger partial charge on any atom is -0.444 e. The molecule has 0 aromatic heterocycles. The molecule has 0 fully saturated rings. The van der Waals surface area contributed by atoms with Gasteiger partial charge in [-0.25, -0.2) is 4.79 Å². The predicted octanol–water partition coefficient (Wildman–Crippen LogP) is 2.01. The first-order valence-electron chi connectivity index (χ1n) is 6.37. The van der Waals surface area contributed by atoms with Crippen LogP contribution in [0.2, 0.25) is 0 Å². The molecule has 18 heavy (non-hydrogen) atoms. The highest BCUT2D eigenvalue weighted by Gasteiger charge is 2.18. The van der Waals surface area contributed by atoms with E-state index in [0.29, 0.717) is 24.9 Å². The predicted molar refractivity (Wildman–Crippen MR) is 74.3 cm³/mol. The second kappa shape index (κ2) is 7.99. The number of amides is 1. The van der Waals surface area contributed by atoms with E-state index in [4.69, 9.17) is 11.2 Å². The zero-order valence-electron chi connectivity index (χ0n) is 12.2. The van der Waals surface area contributed by atoms with Gasteiger partial charge >= 0.3 is 6.09 Å². The lowest BCUT2D eigenvalue weighted by atomic mass is 9.96. The second-order valence-electron chi connectivity index (χ2n) is 5.72. The minimum absolute atomic E-state index is 0.339. The van der Waals surface area contributed by atoms with Crippen molar-refractivity contribution >= 4 is 6.09 Å². The third kappa shape index (κ3) is 8.89. The molecule has 2 N–H and O–H groups in total. The molecule has 0 bridgehead atoms. The zero-order valence-corrected chi connectivity index (χ0v) is 12.2. The molecular weight excluding hydrogens is 228 g/mol. The number of hydrogen-bond acceptors (Lipinski definition) is 3. The highest BCUT2D eigenvalue weighted by Crippen LogP contribution is 2.10. The molecule has 0 aromatic carbocycles. The lowest BCUT2D eigenvalue weighted by molar-refractivity contribution is 0.0515. The van der Waals surface area contributed by atoms with Gasteiger partial charge in [-0.1, -0.05) is 19.8 Å². The number of alkyl carbamates (subject to hydrolysis) is 1. The topological polar surface area (TPSA) is 50.4 Å². The first kappa shape index (κ1) is 16.8. The van der Waals surface area contributed by atoms with Crippen molar-refractivity contribution in [1.82, 2.24) is 10.6 Å². The van der Waals surface area contributed by atoms with Crippen LogP contribution in [0, 0.1) is 24.2 Å². The van der Waals surface area contributed by atoms with Gasteiger partial charge in [0, 0.05) is 13.1 Å². The number of ether oxygens (including phenoxy) is 1. The van der Waals surface area contributed by atoms with Crippen LogP contribution >= 0.6 is 0 Å². The van der Waals surface area contributed by atoms with Crippen molar-refractivity contribution < 1.29 is 9.53 Å². The van der Waals surface area contributed by atoms with E-state index in [1.165, 1.54) is 0 Å². The molecule has 104 valence electrons. The molecule has 0 aliphatic heterocycles. The molecule has 4 heteroatoms. The maximum atomic E-state index is 11.5. The second-order valence-corrected chi connectivity index (χ2v) is 5.72. The van der Waals surface area contributed by atoms with Crippen molar-refractivity contribution in [2.24, 2.45) is 11.8 Å². The third-order valence-corrected chi connectivity index (χ3v) is 2.48. The Morgan fingerprint density at radius 2 is 1.94 bits per heavy atom. The van der Waals surface area contributed by atoms with Gasteiger partial charge < -0.3 is 15.4 Å². The monoisotopic (exact) mass is 254 g/mol. The summed E-state index contributed by atoms with van der Waals surface area (Å²) in [6, 6.07) is 0. The van der Waals surface area contributed by atoms with Crippen molar-refractivity contribution in [2.45, 2.75) is 40.2 Å². The van der Waals surface area contributed by atoms with Crippen LogP contribution in [-0.4, -0.2) is 31.3 Å². The lowest BCUT2D eigenvalue weighted by Crippen LogP contribution is -2.39. The van der Waals surface area contributed by atoms with Crippen LogP contribution in [0.15, 0.2) is 0 Å². The van der Waals surface area contributed by atoms with Gasteiger partial charge in [-0.15, -0.1) is 6.42 Å². The van der Waals surface area contributed by atoms with Crippen molar-refractivity contribution in [3.8, 4) is 12.3 Å². The molecule has 0 saturated heterocycles. The van der Waals surface area contributed by atoms with Gasteiger partial charge in [-0.3, -0.25) is 0 Å². The van der Waals surface area contributed by atoms with E-state index < -0.39 is 5.60 Å². The summed E-state index contributed by atoms with van der Waals surface area (Å²) in [5.74, 6) is 3.34. The average molecular weight is 254 g/mol. The summed E-state index contributed by atoms with van der Waals surface area (Å²) in [6.07, 6.45) is 4.81. The smallest absolute Gasteiger partial charge is 0.407 e. The molecule has 1 atom stereocenters. The van der Waals surface area contributed by atoms with E-state index in [0.717, 1.165) is 6.54 Å². The Kier molecular flexibility index (Phi) is 7.45. The Morgan fingerprint density at radius 1 is 1.33 bits per heavy atom. The van der Waals surface area contributed by atoms with Gasteiger partial charge in [0.25, 0.3) is 0 Å². The number of carbonyl (C=O) groups excluding carboxylic acids is 1. The quantitative estimate of drug-likeness (QED) is 0.563. The van der Waals surface area contributed by atoms with Gasteiger partial charge in [0.15, 0.2) is 0 Å². The molecule has 1 unspecified atom stereocenters. The van der Waals surface area contributed by atoms with Crippen LogP contribution in [0.25, 0.3) is 0 Å². The van der Waals surface area contributed by atoms with Crippen LogP contribution in [0.4, 0.5) is 4.79 Å². The van der Waals surface area contributed by atoms with Gasteiger partial charge in [-0.05, 0) is 32.6 Å². The highest BCUT2D eigenvalue weighted by molar-refractivity contribution is 5.67. The molecule has 0 rings (SSSR count). The van der Waals surface area contributed by atoms with E-state index in [2.05, 4.69) is 30.4 Å². The fourth-order valence-corrected chi connectivity index (χ4v) is 1.40. The maximum absolute atomic E-state index is 11.5. The van der Waals surface area contributed by atoms with Crippen LogP contribution < -0.4 is 10.6 Å². The molecule has 0 spiro atoms. The van der Waals surface area contributed by atoms with E-state index >= 15 is 0 Å². The van der Waals surface area contributed by atoms with E-state index in [1.54, 1.807) is 0 Å². The summed E-state index contributed by atoms with van der Waals surface area (Å²) >= 11 is 0. The molecule has 0 heterocycles. The molecular formula is C14H26N2O2. The summed E-state index contributed by atoms with van der Waals surface area (Å²) in [4.78, 5) is 11.5. The van der Waals surface area contributed by atoms with Crippen LogP contribution in [0.5, 0.6) is 0 Å². The van der Waals surface area contributed by atoms with E-state index in [9.17, 15) is 4.79 Å². The first-order chi connectivity index (χ1) is 8.26. The fourth-order valence-electron chi connectivity index (χ4n) is 1.40. The normalized spacial score (nSPS) is 12.9. The fraction of sp³-hybridized carbons (Fsp3) is 0.786. The Balaban J connectivity index is 4.04. The molecule has 0 aliphatic rings. The Morgan fingerprint density at radius 3 is 2.39 bits per heavy atom. The van der Waals surface area contributed by atoms with Crippen LogP contribution in [0.3, 0.4) is 0 Å². The Labute approximate surface area is 111 Å². The van der Waals surface area contributed by atoms with Gasteiger partial charge in [0.1, 0.15) is 5.60 Å². The number of rotatable bonds is 6. The molecule has 0 saturated carbocycles. The van der Waals surface area contributed by atoms with Crippen LogP contribution in [0.1, 0.15) is 34.6 Å². The molecule has 0 aliphatic carbocycles. The van der Waals surface area contributed by atoms with Crippen molar-refractivity contribution in [3.05, 3.63) is 0 Å². The van der Waals surface area contributed by atoms with Crippen molar-refractivity contribution in [3.63, 3.8) is 0 Å². The van der Waals surface area contributed by atoms with Gasteiger partial charge in [-0.2, -0.15) is 0 Å². The number of terminal acetylenes is 1. The largest absolute Gasteiger partial charge is 0.444 e. The highest BCUT2D eigenvalue weighted by atomic mass is 16.6. The molecule has 0 aromatic rings. The summed E-state index contributed by atoms with van der Waals surface area (Å²) in [5.41, 5.74) is -0.459. The number of hydrogen-bond donors (Lipinski definition) is 2. The van der Waals surface area contributed by atoms with Crippen LogP contribution in [-0.2, 0) is 4.74 Å². The standard InChI is InChI=1S/C14H26N2O2/c1-7-8-15-9-12(11(2)3)10-16-13(17)18-14(4,5)6/h1,11-12,15H,8-10H2,2-6H3,(H,16,17). The number of carbonyl (C=O) groups is 1. The molecule has 4 nitrogen and oxygen atoms in total. The van der Waals surface area contributed by atoms with Gasteiger partial charge in [0.2, 0.25) is 0 Å². The molecule has 0 radical (unpaired) electrons. The maximum Gasteiger partial charge on any atom is 0.407 e. The summed E-state index contributed by atoms with van der Waals surface area (Å²) < 4.78 is 5.19. The lowest BCUT2D eigenvalue weighted by Gasteiger charge is -2.24. The SMILES string of the molecule is C#CCNCC(CNC(=O)OC(C)(C)C)C(C)C. The van der Waals surface area contributed by atoms with Crippen molar-refractivity contribution in [1.29, 1.82) is 0 Å². The summed E-state index contributed by atoms with van der Waals surface area (Å²) in [7, 11) is 0. The molecule has 1 amide bonds.